The minimum absolute atomic E-state index is 0.138. The van der Waals surface area contributed by atoms with Gasteiger partial charge in [-0.3, -0.25) is 0 Å². The zero-order valence-electron chi connectivity index (χ0n) is 8.42. The van der Waals surface area contributed by atoms with E-state index < -0.39 is 0 Å². The van der Waals surface area contributed by atoms with E-state index in [9.17, 15) is 0 Å². The molecule has 1 rings (SSSR count). The highest BCUT2D eigenvalue weighted by Gasteiger charge is 2.21. The lowest BCUT2D eigenvalue weighted by molar-refractivity contribution is 0.444. The van der Waals surface area contributed by atoms with Crippen LogP contribution in [-0.2, 0) is 0 Å². The maximum atomic E-state index is 8.63. The van der Waals surface area contributed by atoms with Gasteiger partial charge < -0.3 is 5.32 Å². The molecule has 0 aromatic carbocycles. The molecule has 0 bridgehead atoms. The average molecular weight is 198 g/mol. The first-order chi connectivity index (χ1) is 6.24. The molecule has 1 N–H and O–H groups in total. The van der Waals surface area contributed by atoms with E-state index in [0.717, 1.165) is 6.54 Å². The quantitative estimate of drug-likeness (QED) is 0.753. The number of hydrogen-bond donors (Lipinski definition) is 1. The van der Waals surface area contributed by atoms with Crippen molar-refractivity contribution in [2.45, 2.75) is 38.0 Å². The Morgan fingerprint density at radius 2 is 2.46 bits per heavy atom. The molecule has 0 aromatic heterocycles. The van der Waals surface area contributed by atoms with Gasteiger partial charge in [0.2, 0.25) is 0 Å². The average Bonchev–Trinajstić information content (AvgIpc) is 2.16. The van der Waals surface area contributed by atoms with Gasteiger partial charge in [0.25, 0.3) is 0 Å². The van der Waals surface area contributed by atoms with Crippen molar-refractivity contribution in [1.82, 2.24) is 5.32 Å². The van der Waals surface area contributed by atoms with Crippen molar-refractivity contribution < 1.29 is 0 Å². The molecule has 1 aliphatic rings. The summed E-state index contributed by atoms with van der Waals surface area (Å²) in [4.78, 5) is 0. The fourth-order valence-corrected chi connectivity index (χ4v) is 2.73. The van der Waals surface area contributed by atoms with Gasteiger partial charge in [0, 0.05) is 17.8 Å². The van der Waals surface area contributed by atoms with Crippen LogP contribution in [0.25, 0.3) is 0 Å². The first kappa shape index (κ1) is 10.9. The van der Waals surface area contributed by atoms with Crippen LogP contribution in [0.2, 0.25) is 0 Å². The summed E-state index contributed by atoms with van der Waals surface area (Å²) in [6.07, 6.45) is 2.58. The van der Waals surface area contributed by atoms with Crippen molar-refractivity contribution in [1.29, 1.82) is 5.26 Å². The number of rotatable bonds is 3. The second-order valence-electron chi connectivity index (χ2n) is 3.76. The lowest BCUT2D eigenvalue weighted by Gasteiger charge is -2.29. The first-order valence-electron chi connectivity index (χ1n) is 4.98. The minimum Gasteiger partial charge on any atom is -0.312 e. The predicted molar refractivity (Wildman–Crippen MR) is 57.7 cm³/mol. The van der Waals surface area contributed by atoms with E-state index in [1.807, 2.05) is 18.7 Å². The summed E-state index contributed by atoms with van der Waals surface area (Å²) in [7, 11) is 0. The SMILES string of the molecule is CC(C#N)CNC1CCCSC1C. The fourth-order valence-electron chi connectivity index (χ4n) is 1.57. The van der Waals surface area contributed by atoms with Crippen LogP contribution in [0, 0.1) is 17.2 Å². The van der Waals surface area contributed by atoms with Gasteiger partial charge in [0.15, 0.2) is 0 Å². The standard InChI is InChI=1S/C10H18N2S/c1-8(6-11)7-12-10-4-3-5-13-9(10)2/h8-10,12H,3-5,7H2,1-2H3. The van der Waals surface area contributed by atoms with E-state index in [-0.39, 0.29) is 5.92 Å². The molecule has 74 valence electrons. The van der Waals surface area contributed by atoms with E-state index in [4.69, 9.17) is 5.26 Å². The molecule has 0 amide bonds. The van der Waals surface area contributed by atoms with Gasteiger partial charge in [-0.2, -0.15) is 17.0 Å². The summed E-state index contributed by atoms with van der Waals surface area (Å²) in [5.74, 6) is 1.44. The van der Waals surface area contributed by atoms with E-state index >= 15 is 0 Å². The van der Waals surface area contributed by atoms with Crippen molar-refractivity contribution in [3.63, 3.8) is 0 Å². The molecule has 3 heteroatoms. The van der Waals surface area contributed by atoms with E-state index in [1.54, 1.807) is 0 Å². The summed E-state index contributed by atoms with van der Waals surface area (Å²) in [5, 5.41) is 12.8. The van der Waals surface area contributed by atoms with Crippen LogP contribution in [0.4, 0.5) is 0 Å². The molecule has 1 saturated heterocycles. The zero-order chi connectivity index (χ0) is 9.68. The largest absolute Gasteiger partial charge is 0.312 e. The second kappa shape index (κ2) is 5.51. The molecule has 0 spiro atoms. The predicted octanol–water partition coefficient (Wildman–Crippen LogP) is 2.02. The molecule has 0 saturated carbocycles. The Morgan fingerprint density at radius 1 is 1.69 bits per heavy atom. The fraction of sp³-hybridized carbons (Fsp3) is 0.900. The van der Waals surface area contributed by atoms with Crippen LogP contribution in [0.1, 0.15) is 26.7 Å². The maximum absolute atomic E-state index is 8.63. The number of hydrogen-bond acceptors (Lipinski definition) is 3. The number of nitriles is 1. The molecular weight excluding hydrogens is 180 g/mol. The summed E-state index contributed by atoms with van der Waals surface area (Å²) in [5.41, 5.74) is 0. The highest BCUT2D eigenvalue weighted by Crippen LogP contribution is 2.24. The Kier molecular flexibility index (Phi) is 4.61. The lowest BCUT2D eigenvalue weighted by atomic mass is 10.1. The highest BCUT2D eigenvalue weighted by molar-refractivity contribution is 7.99. The highest BCUT2D eigenvalue weighted by atomic mass is 32.2. The van der Waals surface area contributed by atoms with Gasteiger partial charge in [0.1, 0.15) is 0 Å². The van der Waals surface area contributed by atoms with Crippen LogP contribution in [0.15, 0.2) is 0 Å². The van der Waals surface area contributed by atoms with Gasteiger partial charge in [0.05, 0.1) is 12.0 Å². The van der Waals surface area contributed by atoms with Crippen molar-refractivity contribution in [3.8, 4) is 6.07 Å². The maximum Gasteiger partial charge on any atom is 0.0666 e. The third-order valence-electron chi connectivity index (χ3n) is 2.51. The summed E-state index contributed by atoms with van der Waals surface area (Å²) in [6, 6.07) is 2.87. The number of nitrogens with one attached hydrogen (secondary N) is 1. The van der Waals surface area contributed by atoms with E-state index in [2.05, 4.69) is 18.3 Å². The Bertz CT molecular complexity index is 188. The Balaban J connectivity index is 2.23. The van der Waals surface area contributed by atoms with Crippen LogP contribution in [0.3, 0.4) is 0 Å². The van der Waals surface area contributed by atoms with Crippen LogP contribution < -0.4 is 5.32 Å². The van der Waals surface area contributed by atoms with E-state index in [1.165, 1.54) is 18.6 Å². The topological polar surface area (TPSA) is 35.8 Å². The van der Waals surface area contributed by atoms with Gasteiger partial charge in [-0.25, -0.2) is 0 Å². The zero-order valence-corrected chi connectivity index (χ0v) is 9.23. The Labute approximate surface area is 85.1 Å². The lowest BCUT2D eigenvalue weighted by Crippen LogP contribution is -2.41. The molecule has 1 fully saturated rings. The molecule has 0 aromatic rings. The molecular formula is C10H18N2S. The van der Waals surface area contributed by atoms with Crippen molar-refractivity contribution >= 4 is 11.8 Å². The van der Waals surface area contributed by atoms with Crippen LogP contribution >= 0.6 is 11.8 Å². The van der Waals surface area contributed by atoms with Gasteiger partial charge in [-0.05, 0) is 25.5 Å². The molecule has 13 heavy (non-hydrogen) atoms. The third-order valence-corrected chi connectivity index (χ3v) is 3.89. The normalized spacial score (nSPS) is 30.8. The van der Waals surface area contributed by atoms with E-state index in [0.29, 0.717) is 11.3 Å². The Morgan fingerprint density at radius 3 is 3.08 bits per heavy atom. The second-order valence-corrected chi connectivity index (χ2v) is 5.25. The number of nitrogens with zero attached hydrogens (tertiary/aromatic N) is 1. The summed E-state index contributed by atoms with van der Waals surface area (Å²) < 4.78 is 0. The van der Waals surface area contributed by atoms with Gasteiger partial charge >= 0.3 is 0 Å². The van der Waals surface area contributed by atoms with Gasteiger partial charge in [-0.1, -0.05) is 6.92 Å². The smallest absolute Gasteiger partial charge is 0.0666 e. The van der Waals surface area contributed by atoms with Crippen molar-refractivity contribution in [2.24, 2.45) is 5.92 Å². The molecule has 3 atom stereocenters. The first-order valence-corrected chi connectivity index (χ1v) is 6.03. The molecule has 1 heterocycles. The minimum atomic E-state index is 0.138. The van der Waals surface area contributed by atoms with Crippen molar-refractivity contribution in [2.75, 3.05) is 12.3 Å². The molecule has 0 radical (unpaired) electrons. The summed E-state index contributed by atoms with van der Waals surface area (Å²) in [6.45, 7) is 5.08. The molecule has 0 aliphatic carbocycles. The third kappa shape index (κ3) is 3.58. The van der Waals surface area contributed by atoms with Crippen LogP contribution in [0.5, 0.6) is 0 Å². The molecule has 2 nitrogen and oxygen atoms in total. The number of thioether (sulfide) groups is 1. The monoisotopic (exact) mass is 198 g/mol. The van der Waals surface area contributed by atoms with Crippen LogP contribution in [-0.4, -0.2) is 23.6 Å². The van der Waals surface area contributed by atoms with Crippen molar-refractivity contribution in [3.05, 3.63) is 0 Å². The van der Waals surface area contributed by atoms with Gasteiger partial charge in [-0.15, -0.1) is 0 Å². The molecule has 3 unspecified atom stereocenters. The summed E-state index contributed by atoms with van der Waals surface area (Å²) >= 11 is 2.04. The Hall–Kier alpha value is -0.200. The molecule has 1 aliphatic heterocycles.